The molecule has 5 heteroatoms. The van der Waals surface area contributed by atoms with E-state index in [0.29, 0.717) is 25.0 Å². The third kappa shape index (κ3) is 5.33. The van der Waals surface area contributed by atoms with Gasteiger partial charge in [-0.1, -0.05) is 32.8 Å². The van der Waals surface area contributed by atoms with Crippen molar-refractivity contribution in [2.75, 3.05) is 32.1 Å². The van der Waals surface area contributed by atoms with Crippen LogP contribution >= 0.6 is 0 Å². The smallest absolute Gasteiger partial charge is 0.121 e. The molecule has 1 saturated carbocycles. The molecule has 148 valence electrons. The quantitative estimate of drug-likeness (QED) is 0.700. The van der Waals surface area contributed by atoms with Gasteiger partial charge in [-0.2, -0.15) is 0 Å². The maximum absolute atomic E-state index is 10.7. The normalized spacial score (nSPS) is 16.4. The minimum Gasteiger partial charge on any atom is -0.497 e. The van der Waals surface area contributed by atoms with Crippen LogP contribution in [0.3, 0.4) is 0 Å². The van der Waals surface area contributed by atoms with E-state index in [4.69, 9.17) is 4.74 Å². The van der Waals surface area contributed by atoms with E-state index in [-0.39, 0.29) is 0 Å². The van der Waals surface area contributed by atoms with Crippen LogP contribution in [0.15, 0.2) is 30.5 Å². The summed E-state index contributed by atoms with van der Waals surface area (Å²) in [7, 11) is 1.67. The maximum atomic E-state index is 10.7. The fraction of sp³-hybridized carbons (Fsp3) is 0.591. The number of methoxy groups -OCH3 is 1. The number of aromatic nitrogens is 1. The molecule has 2 aromatic rings. The summed E-state index contributed by atoms with van der Waals surface area (Å²) in [5, 5.41) is 15.1. The number of hydrogen-bond acceptors (Lipinski definition) is 5. The molecule has 1 aliphatic rings. The van der Waals surface area contributed by atoms with Gasteiger partial charge in [-0.3, -0.25) is 9.88 Å². The van der Waals surface area contributed by atoms with Gasteiger partial charge in [0.05, 0.1) is 24.4 Å². The zero-order chi connectivity index (χ0) is 19.2. The summed E-state index contributed by atoms with van der Waals surface area (Å²) < 4.78 is 5.41. The van der Waals surface area contributed by atoms with E-state index in [2.05, 4.69) is 29.0 Å². The first kappa shape index (κ1) is 19.9. The Balaban J connectivity index is 1.65. The summed E-state index contributed by atoms with van der Waals surface area (Å²) in [4.78, 5) is 6.98. The molecule has 5 nitrogen and oxygen atoms in total. The van der Waals surface area contributed by atoms with Crippen molar-refractivity contribution < 1.29 is 9.84 Å². The fourth-order valence-electron chi connectivity index (χ4n) is 4.09. The highest BCUT2D eigenvalue weighted by atomic mass is 16.5. The number of ether oxygens (including phenoxy) is 1. The Kier molecular flexibility index (Phi) is 6.91. The summed E-state index contributed by atoms with van der Waals surface area (Å²) in [6.07, 6.45) is 6.52. The molecule has 3 rings (SSSR count). The largest absolute Gasteiger partial charge is 0.497 e. The lowest BCUT2D eigenvalue weighted by Gasteiger charge is -2.32. The number of nitrogens with zero attached hydrogens (tertiary/aromatic N) is 2. The lowest BCUT2D eigenvalue weighted by molar-refractivity contribution is 0.0868. The van der Waals surface area contributed by atoms with E-state index in [1.54, 1.807) is 13.3 Å². The topological polar surface area (TPSA) is 57.6 Å². The summed E-state index contributed by atoms with van der Waals surface area (Å²) in [5.41, 5.74) is 1.81. The first-order valence-electron chi connectivity index (χ1n) is 10.2. The van der Waals surface area contributed by atoms with Crippen molar-refractivity contribution in [3.63, 3.8) is 0 Å². The molecule has 0 amide bonds. The highest BCUT2D eigenvalue weighted by Gasteiger charge is 2.25. The minimum absolute atomic E-state index is 0.422. The molecule has 0 spiro atoms. The molecule has 0 radical (unpaired) electrons. The fourth-order valence-corrected chi connectivity index (χ4v) is 4.09. The average Bonchev–Trinajstić information content (AvgIpc) is 3.19. The van der Waals surface area contributed by atoms with Crippen molar-refractivity contribution in [3.05, 3.63) is 30.5 Å². The highest BCUT2D eigenvalue weighted by molar-refractivity contribution is 5.91. The van der Waals surface area contributed by atoms with Gasteiger partial charge in [-0.25, -0.2) is 0 Å². The van der Waals surface area contributed by atoms with Crippen LogP contribution in [0.2, 0.25) is 0 Å². The Bertz CT molecular complexity index is 729. The molecule has 27 heavy (non-hydrogen) atoms. The second-order valence-electron chi connectivity index (χ2n) is 8.07. The maximum Gasteiger partial charge on any atom is 0.121 e. The molecular formula is C22H33N3O2. The van der Waals surface area contributed by atoms with Crippen LogP contribution in [0, 0.1) is 5.92 Å². The zero-order valence-corrected chi connectivity index (χ0v) is 16.8. The van der Waals surface area contributed by atoms with Gasteiger partial charge in [0.2, 0.25) is 0 Å². The van der Waals surface area contributed by atoms with Crippen molar-refractivity contribution in [1.82, 2.24) is 9.88 Å². The second-order valence-corrected chi connectivity index (χ2v) is 8.07. The summed E-state index contributed by atoms with van der Waals surface area (Å²) in [5.74, 6) is 1.40. The van der Waals surface area contributed by atoms with Crippen LogP contribution in [0.25, 0.3) is 10.9 Å². The number of hydrogen-bond donors (Lipinski definition) is 2. The number of rotatable bonds is 9. The number of nitrogens with one attached hydrogen (secondary N) is 1. The molecule has 1 atom stereocenters. The number of aliphatic hydroxyl groups excluding tert-OH is 1. The van der Waals surface area contributed by atoms with Gasteiger partial charge < -0.3 is 15.2 Å². The predicted octanol–water partition coefficient (Wildman–Crippen LogP) is 3.92. The van der Waals surface area contributed by atoms with Crippen molar-refractivity contribution in [2.45, 2.75) is 51.7 Å². The Hall–Kier alpha value is -1.85. The van der Waals surface area contributed by atoms with Crippen LogP contribution in [0.1, 0.15) is 39.5 Å². The molecule has 1 fully saturated rings. The predicted molar refractivity (Wildman–Crippen MR) is 111 cm³/mol. The second kappa shape index (κ2) is 9.38. The van der Waals surface area contributed by atoms with Crippen LogP contribution in [0.5, 0.6) is 5.75 Å². The van der Waals surface area contributed by atoms with Crippen molar-refractivity contribution >= 4 is 16.6 Å². The van der Waals surface area contributed by atoms with E-state index in [0.717, 1.165) is 28.9 Å². The highest BCUT2D eigenvalue weighted by Crippen LogP contribution is 2.28. The van der Waals surface area contributed by atoms with Crippen LogP contribution < -0.4 is 10.1 Å². The Morgan fingerprint density at radius 1 is 1.26 bits per heavy atom. The molecule has 0 saturated heterocycles. The van der Waals surface area contributed by atoms with E-state index < -0.39 is 6.10 Å². The number of anilines is 1. The SMILES string of the molecule is COc1cc(NC[C@H](O)CN(CC(C)C)C2CCCC2)c2ncccc2c1. The van der Waals surface area contributed by atoms with Gasteiger partial charge >= 0.3 is 0 Å². The van der Waals surface area contributed by atoms with Gasteiger partial charge in [-0.05, 0) is 30.9 Å². The van der Waals surface area contributed by atoms with Gasteiger partial charge in [-0.15, -0.1) is 0 Å². The zero-order valence-electron chi connectivity index (χ0n) is 16.8. The van der Waals surface area contributed by atoms with Crippen LogP contribution in [-0.4, -0.2) is 53.9 Å². The monoisotopic (exact) mass is 371 g/mol. The molecule has 0 bridgehead atoms. The minimum atomic E-state index is -0.422. The number of aliphatic hydroxyl groups is 1. The lowest BCUT2D eigenvalue weighted by atomic mass is 10.1. The third-order valence-corrected chi connectivity index (χ3v) is 5.33. The van der Waals surface area contributed by atoms with Gasteiger partial charge in [0.1, 0.15) is 5.75 Å². The van der Waals surface area contributed by atoms with E-state index in [9.17, 15) is 5.11 Å². The van der Waals surface area contributed by atoms with Crippen molar-refractivity contribution in [1.29, 1.82) is 0 Å². The summed E-state index contributed by atoms with van der Waals surface area (Å²) >= 11 is 0. The molecule has 2 N–H and O–H groups in total. The molecule has 1 aromatic carbocycles. The van der Waals surface area contributed by atoms with Gasteiger partial charge in [0.25, 0.3) is 0 Å². The summed E-state index contributed by atoms with van der Waals surface area (Å²) in [6, 6.07) is 8.50. The molecule has 0 aliphatic heterocycles. The Labute approximate surface area is 162 Å². The standard InChI is InChI=1S/C22H33N3O2/c1-16(2)14-25(18-8-4-5-9-18)15-19(26)13-24-21-12-20(27-3)11-17-7-6-10-23-22(17)21/h6-7,10-12,16,18-19,24,26H,4-5,8-9,13-15H2,1-3H3/t19-/m0/s1. The average molecular weight is 372 g/mol. The third-order valence-electron chi connectivity index (χ3n) is 5.33. The first-order chi connectivity index (χ1) is 13.1. The van der Waals surface area contributed by atoms with Gasteiger partial charge in [0.15, 0.2) is 0 Å². The lowest BCUT2D eigenvalue weighted by Crippen LogP contribution is -2.43. The molecule has 0 unspecified atom stereocenters. The van der Waals surface area contributed by atoms with E-state index in [1.165, 1.54) is 25.7 Å². The Morgan fingerprint density at radius 2 is 2.04 bits per heavy atom. The molecule has 1 aromatic heterocycles. The van der Waals surface area contributed by atoms with Gasteiger partial charge in [0, 0.05) is 43.3 Å². The van der Waals surface area contributed by atoms with Crippen LogP contribution in [-0.2, 0) is 0 Å². The van der Waals surface area contributed by atoms with E-state index in [1.807, 2.05) is 24.3 Å². The number of pyridine rings is 1. The molecular weight excluding hydrogens is 338 g/mol. The summed E-state index contributed by atoms with van der Waals surface area (Å²) in [6.45, 7) is 6.76. The van der Waals surface area contributed by atoms with E-state index >= 15 is 0 Å². The van der Waals surface area contributed by atoms with Crippen molar-refractivity contribution in [2.24, 2.45) is 5.92 Å². The molecule has 1 aliphatic carbocycles. The van der Waals surface area contributed by atoms with Crippen LogP contribution in [0.4, 0.5) is 5.69 Å². The number of fused-ring (bicyclic) bond motifs is 1. The first-order valence-corrected chi connectivity index (χ1v) is 10.2. The molecule has 1 heterocycles. The number of benzene rings is 1. The van der Waals surface area contributed by atoms with Crippen molar-refractivity contribution in [3.8, 4) is 5.75 Å². The Morgan fingerprint density at radius 3 is 2.74 bits per heavy atom.